The molecule has 0 aliphatic carbocycles. The largest absolute Gasteiger partial charge is 0.354 e. The summed E-state index contributed by atoms with van der Waals surface area (Å²) in [6.45, 7) is 8.52. The summed E-state index contributed by atoms with van der Waals surface area (Å²) in [5.41, 5.74) is 0.954. The van der Waals surface area contributed by atoms with E-state index in [4.69, 9.17) is 0 Å². The number of hydrogen-bond donors (Lipinski definition) is 0. The molecule has 2 aromatic rings. The zero-order chi connectivity index (χ0) is 17.9. The molecular weight excluding hydrogens is 330 g/mol. The summed E-state index contributed by atoms with van der Waals surface area (Å²) in [7, 11) is 0. The monoisotopic (exact) mass is 357 g/mol. The fourth-order valence-corrected chi connectivity index (χ4v) is 3.89. The van der Waals surface area contributed by atoms with Gasteiger partial charge in [0.1, 0.15) is 12.1 Å². The Morgan fingerprint density at radius 1 is 1.08 bits per heavy atom. The zero-order valence-corrected chi connectivity index (χ0v) is 15.5. The van der Waals surface area contributed by atoms with Crippen LogP contribution >= 0.6 is 0 Å². The molecular formula is C18H27N7O. The molecule has 2 fully saturated rings. The first-order valence-electron chi connectivity index (χ1n) is 9.63. The number of carbonyl (C=O) groups excluding carboxylic acids is 1. The van der Waals surface area contributed by atoms with Crippen molar-refractivity contribution >= 4 is 17.5 Å². The molecule has 0 unspecified atom stereocenters. The van der Waals surface area contributed by atoms with Gasteiger partial charge in [-0.25, -0.2) is 4.98 Å². The van der Waals surface area contributed by atoms with Crippen molar-refractivity contribution in [2.24, 2.45) is 0 Å². The van der Waals surface area contributed by atoms with Crippen molar-refractivity contribution in [2.45, 2.75) is 32.6 Å². The summed E-state index contributed by atoms with van der Waals surface area (Å²) in [5, 5.41) is 4.30. The summed E-state index contributed by atoms with van der Waals surface area (Å²) >= 11 is 0. The van der Waals surface area contributed by atoms with Crippen LogP contribution in [0, 0.1) is 6.92 Å². The van der Waals surface area contributed by atoms with Crippen LogP contribution in [0.4, 0.5) is 5.82 Å². The third-order valence-electron chi connectivity index (χ3n) is 5.41. The molecule has 0 aromatic carbocycles. The second kappa shape index (κ2) is 7.57. The minimum Gasteiger partial charge on any atom is -0.354 e. The number of likely N-dealkylation sites (tertiary alicyclic amines) is 1. The smallest absolute Gasteiger partial charge is 0.254 e. The van der Waals surface area contributed by atoms with Crippen molar-refractivity contribution in [2.75, 3.05) is 50.7 Å². The van der Waals surface area contributed by atoms with Gasteiger partial charge in [0, 0.05) is 64.0 Å². The van der Waals surface area contributed by atoms with Crippen LogP contribution in [-0.4, -0.2) is 81.1 Å². The lowest BCUT2D eigenvalue weighted by Gasteiger charge is -2.36. The SMILES string of the molecule is Cc1cc(N2CCN(CCC(=O)N3CCCCC3)CC2)n2ncnc2n1. The third-order valence-corrected chi connectivity index (χ3v) is 5.41. The van der Waals surface area contributed by atoms with Gasteiger partial charge in [-0.3, -0.25) is 9.69 Å². The molecule has 26 heavy (non-hydrogen) atoms. The lowest BCUT2D eigenvalue weighted by molar-refractivity contribution is -0.132. The number of rotatable bonds is 4. The van der Waals surface area contributed by atoms with E-state index in [9.17, 15) is 4.79 Å². The molecule has 8 nitrogen and oxygen atoms in total. The van der Waals surface area contributed by atoms with E-state index < -0.39 is 0 Å². The molecule has 0 spiro atoms. The predicted octanol–water partition coefficient (Wildman–Crippen LogP) is 0.957. The standard InChI is InChI=1S/C18H27N7O/c1-15-13-16(25-18(21-15)19-14-20-25)23-11-9-22(10-12-23)8-5-17(26)24-6-3-2-4-7-24/h13-14H,2-12H2,1H3. The highest BCUT2D eigenvalue weighted by Crippen LogP contribution is 2.18. The van der Waals surface area contributed by atoms with Crippen molar-refractivity contribution in [3.63, 3.8) is 0 Å². The van der Waals surface area contributed by atoms with Gasteiger partial charge < -0.3 is 9.80 Å². The maximum Gasteiger partial charge on any atom is 0.254 e. The van der Waals surface area contributed by atoms with Crippen molar-refractivity contribution in [3.05, 3.63) is 18.1 Å². The Morgan fingerprint density at radius 2 is 1.85 bits per heavy atom. The normalized spacial score (nSPS) is 19.3. The van der Waals surface area contributed by atoms with Crippen molar-refractivity contribution < 1.29 is 4.79 Å². The summed E-state index contributed by atoms with van der Waals surface area (Å²) < 4.78 is 1.81. The Balaban J connectivity index is 1.31. The number of aromatic nitrogens is 4. The number of piperidine rings is 1. The summed E-state index contributed by atoms with van der Waals surface area (Å²) in [5.74, 6) is 2.02. The molecule has 0 N–H and O–H groups in total. The number of fused-ring (bicyclic) bond motifs is 1. The van der Waals surface area contributed by atoms with Crippen LogP contribution in [0.15, 0.2) is 12.4 Å². The average Bonchev–Trinajstić information content (AvgIpc) is 3.15. The molecule has 2 saturated heterocycles. The quantitative estimate of drug-likeness (QED) is 0.812. The van der Waals surface area contributed by atoms with Gasteiger partial charge in [0.05, 0.1) is 0 Å². The molecule has 8 heteroatoms. The number of nitrogens with zero attached hydrogens (tertiary/aromatic N) is 7. The first-order valence-corrected chi connectivity index (χ1v) is 9.63. The topological polar surface area (TPSA) is 69.9 Å². The molecule has 4 heterocycles. The van der Waals surface area contributed by atoms with Crippen molar-refractivity contribution in [1.82, 2.24) is 29.4 Å². The minimum absolute atomic E-state index is 0.321. The van der Waals surface area contributed by atoms with E-state index in [-0.39, 0.29) is 0 Å². The van der Waals surface area contributed by atoms with E-state index in [1.807, 2.05) is 16.3 Å². The Morgan fingerprint density at radius 3 is 2.62 bits per heavy atom. The maximum absolute atomic E-state index is 12.3. The molecule has 0 atom stereocenters. The van der Waals surface area contributed by atoms with Crippen molar-refractivity contribution in [1.29, 1.82) is 0 Å². The van der Waals surface area contributed by atoms with Crippen LogP contribution in [-0.2, 0) is 4.79 Å². The number of aryl methyl sites for hydroxylation is 1. The number of anilines is 1. The molecule has 2 aromatic heterocycles. The second-order valence-corrected chi connectivity index (χ2v) is 7.25. The van der Waals surface area contributed by atoms with E-state index in [1.54, 1.807) is 6.33 Å². The Kier molecular flexibility index (Phi) is 5.01. The lowest BCUT2D eigenvalue weighted by Crippen LogP contribution is -2.48. The predicted molar refractivity (Wildman–Crippen MR) is 99.2 cm³/mol. The fraction of sp³-hybridized carbons (Fsp3) is 0.667. The Labute approximate surface area is 153 Å². The summed E-state index contributed by atoms with van der Waals surface area (Å²) in [6.07, 6.45) is 5.77. The first kappa shape index (κ1) is 17.2. The highest BCUT2D eigenvalue weighted by molar-refractivity contribution is 5.76. The van der Waals surface area contributed by atoms with Crippen LogP contribution in [0.2, 0.25) is 0 Å². The van der Waals surface area contributed by atoms with Crippen LogP contribution in [0.1, 0.15) is 31.4 Å². The van der Waals surface area contributed by atoms with E-state index in [1.165, 1.54) is 6.42 Å². The van der Waals surface area contributed by atoms with Gasteiger partial charge in [-0.05, 0) is 26.2 Å². The maximum atomic E-state index is 12.3. The molecule has 0 bridgehead atoms. The van der Waals surface area contributed by atoms with Gasteiger partial charge >= 0.3 is 0 Å². The number of piperazine rings is 1. The molecule has 140 valence electrons. The molecule has 1 amide bonds. The van der Waals surface area contributed by atoms with Gasteiger partial charge in [-0.15, -0.1) is 0 Å². The van der Waals surface area contributed by atoms with E-state index in [0.29, 0.717) is 18.1 Å². The second-order valence-electron chi connectivity index (χ2n) is 7.25. The van der Waals surface area contributed by atoms with Crippen LogP contribution in [0.5, 0.6) is 0 Å². The Hall–Kier alpha value is -2.22. The molecule has 2 aliphatic rings. The number of amides is 1. The van der Waals surface area contributed by atoms with Gasteiger partial charge in [0.2, 0.25) is 5.91 Å². The first-order chi connectivity index (χ1) is 12.7. The molecule has 0 radical (unpaired) electrons. The van der Waals surface area contributed by atoms with E-state index in [2.05, 4.69) is 30.9 Å². The highest BCUT2D eigenvalue weighted by atomic mass is 16.2. The van der Waals surface area contributed by atoms with Gasteiger partial charge in [-0.2, -0.15) is 14.6 Å². The zero-order valence-electron chi connectivity index (χ0n) is 15.5. The van der Waals surface area contributed by atoms with Gasteiger partial charge in [0.25, 0.3) is 5.78 Å². The number of hydrogen-bond acceptors (Lipinski definition) is 6. The molecule has 0 saturated carbocycles. The summed E-state index contributed by atoms with van der Waals surface area (Å²) in [6, 6.07) is 2.07. The number of carbonyl (C=O) groups is 1. The minimum atomic E-state index is 0.321. The Bertz CT molecular complexity index is 760. The van der Waals surface area contributed by atoms with E-state index >= 15 is 0 Å². The van der Waals surface area contributed by atoms with E-state index in [0.717, 1.165) is 70.2 Å². The van der Waals surface area contributed by atoms with Crippen LogP contribution in [0.3, 0.4) is 0 Å². The highest BCUT2D eigenvalue weighted by Gasteiger charge is 2.22. The molecule has 4 rings (SSSR count). The lowest BCUT2D eigenvalue weighted by atomic mass is 10.1. The summed E-state index contributed by atoms with van der Waals surface area (Å²) in [4.78, 5) is 27.7. The third kappa shape index (κ3) is 3.65. The van der Waals surface area contributed by atoms with Gasteiger partial charge in [0.15, 0.2) is 0 Å². The van der Waals surface area contributed by atoms with Crippen molar-refractivity contribution in [3.8, 4) is 0 Å². The fourth-order valence-electron chi connectivity index (χ4n) is 3.89. The van der Waals surface area contributed by atoms with Crippen LogP contribution in [0.25, 0.3) is 5.78 Å². The van der Waals surface area contributed by atoms with Gasteiger partial charge in [-0.1, -0.05) is 0 Å². The molecule has 2 aliphatic heterocycles. The van der Waals surface area contributed by atoms with Crippen LogP contribution < -0.4 is 4.90 Å². The average molecular weight is 357 g/mol.